The van der Waals surface area contributed by atoms with Crippen LogP contribution in [0, 0.1) is 0 Å². The molecule has 0 radical (unpaired) electrons. The summed E-state index contributed by atoms with van der Waals surface area (Å²) in [6.07, 6.45) is -3.06. The summed E-state index contributed by atoms with van der Waals surface area (Å²) in [5.74, 6) is -0.728. The molecule has 0 bridgehead atoms. The summed E-state index contributed by atoms with van der Waals surface area (Å²) in [4.78, 5) is 17.8. The summed E-state index contributed by atoms with van der Waals surface area (Å²) < 4.78 is 40.1. The van der Waals surface area contributed by atoms with E-state index in [9.17, 15) is 18.0 Å². The van der Waals surface area contributed by atoms with Crippen molar-refractivity contribution in [3.05, 3.63) is 53.2 Å². The van der Waals surface area contributed by atoms with Gasteiger partial charge in [0.15, 0.2) is 0 Å². The van der Waals surface area contributed by atoms with Crippen molar-refractivity contribution in [1.29, 1.82) is 0 Å². The fourth-order valence-electron chi connectivity index (χ4n) is 3.05. The predicted octanol–water partition coefficient (Wildman–Crippen LogP) is 2.27. The number of carbonyl (C=O) groups excluding carboxylic acids is 1. The van der Waals surface area contributed by atoms with Gasteiger partial charge in [-0.1, -0.05) is 0 Å². The molecular formula is C18H19F3N4O. The summed E-state index contributed by atoms with van der Waals surface area (Å²) in [5, 5.41) is 3.21. The average Bonchev–Trinajstić information content (AvgIpc) is 2.61. The average molecular weight is 364 g/mol. The third-order valence-electron chi connectivity index (χ3n) is 4.28. The van der Waals surface area contributed by atoms with Crippen LogP contribution in [-0.4, -0.2) is 42.0 Å². The van der Waals surface area contributed by atoms with E-state index < -0.39 is 17.6 Å². The lowest BCUT2D eigenvalue weighted by Crippen LogP contribution is -2.42. The molecule has 1 amide bonds. The van der Waals surface area contributed by atoms with Crippen LogP contribution < -0.4 is 11.1 Å². The maximum atomic E-state index is 13.4. The Hall–Kier alpha value is -2.45. The normalized spacial score (nSPS) is 15.8. The van der Waals surface area contributed by atoms with Gasteiger partial charge in [0, 0.05) is 44.5 Å². The number of nitrogens with two attached hydrogens (primary N) is 1. The lowest BCUT2D eigenvalue weighted by atomic mass is 9.99. The Morgan fingerprint density at radius 1 is 1.23 bits per heavy atom. The van der Waals surface area contributed by atoms with Crippen molar-refractivity contribution in [2.75, 3.05) is 26.2 Å². The predicted molar refractivity (Wildman–Crippen MR) is 91.3 cm³/mol. The van der Waals surface area contributed by atoms with Gasteiger partial charge in [0.25, 0.3) is 5.91 Å². The van der Waals surface area contributed by atoms with Crippen LogP contribution in [0.4, 0.5) is 13.2 Å². The molecule has 1 aromatic carbocycles. The highest BCUT2D eigenvalue weighted by molar-refractivity contribution is 5.98. The van der Waals surface area contributed by atoms with E-state index in [1.54, 1.807) is 6.07 Å². The first-order chi connectivity index (χ1) is 12.3. The first-order valence-electron chi connectivity index (χ1n) is 8.24. The van der Waals surface area contributed by atoms with Crippen molar-refractivity contribution >= 4 is 5.91 Å². The number of alkyl halides is 3. The van der Waals surface area contributed by atoms with Crippen molar-refractivity contribution in [3.8, 4) is 11.3 Å². The second kappa shape index (κ2) is 7.43. The number of rotatable bonds is 4. The fraction of sp³-hybridized carbons (Fsp3) is 0.333. The van der Waals surface area contributed by atoms with E-state index in [-0.39, 0.29) is 16.8 Å². The quantitative estimate of drug-likeness (QED) is 0.873. The van der Waals surface area contributed by atoms with Gasteiger partial charge in [-0.25, -0.2) is 0 Å². The van der Waals surface area contributed by atoms with Gasteiger partial charge in [0.05, 0.1) is 16.8 Å². The van der Waals surface area contributed by atoms with Crippen molar-refractivity contribution in [1.82, 2.24) is 15.2 Å². The number of pyridine rings is 1. The fourth-order valence-corrected chi connectivity index (χ4v) is 3.05. The van der Waals surface area contributed by atoms with Crippen molar-refractivity contribution in [2.45, 2.75) is 12.7 Å². The van der Waals surface area contributed by atoms with Gasteiger partial charge in [-0.15, -0.1) is 0 Å². The standard InChI is InChI=1S/C18H19F3N4O/c19-18(20,21)14-9-12(11-25-6-4-23-5-7-25)8-13(10-14)16-15(17(22)26)2-1-3-24-16/h1-3,8-10,23H,4-7,11H2,(H2,22,26). The first kappa shape index (κ1) is 18.3. The van der Waals surface area contributed by atoms with Crippen LogP contribution >= 0.6 is 0 Å². The Kier molecular flexibility index (Phi) is 5.24. The van der Waals surface area contributed by atoms with Crippen LogP contribution in [0.25, 0.3) is 11.3 Å². The number of nitrogens with zero attached hydrogens (tertiary/aromatic N) is 2. The van der Waals surface area contributed by atoms with Crippen LogP contribution in [0.1, 0.15) is 21.5 Å². The van der Waals surface area contributed by atoms with Crippen LogP contribution in [0.2, 0.25) is 0 Å². The summed E-state index contributed by atoms with van der Waals surface area (Å²) >= 11 is 0. The molecule has 5 nitrogen and oxygen atoms in total. The van der Waals surface area contributed by atoms with Crippen LogP contribution in [0.15, 0.2) is 36.5 Å². The number of hydrogen-bond acceptors (Lipinski definition) is 4. The largest absolute Gasteiger partial charge is 0.416 e. The minimum Gasteiger partial charge on any atom is -0.366 e. The molecule has 0 atom stereocenters. The number of aromatic nitrogens is 1. The summed E-state index contributed by atoms with van der Waals surface area (Å²) in [5.41, 5.74) is 5.60. The number of primary amides is 1. The van der Waals surface area contributed by atoms with Gasteiger partial charge in [0.1, 0.15) is 0 Å². The minimum atomic E-state index is -4.49. The molecule has 0 unspecified atom stereocenters. The number of amides is 1. The van der Waals surface area contributed by atoms with Crippen molar-refractivity contribution in [3.63, 3.8) is 0 Å². The van der Waals surface area contributed by atoms with E-state index in [2.05, 4.69) is 15.2 Å². The highest BCUT2D eigenvalue weighted by Gasteiger charge is 2.32. The SMILES string of the molecule is NC(=O)c1cccnc1-c1cc(CN2CCNCC2)cc(C(F)(F)F)c1. The van der Waals surface area contributed by atoms with Gasteiger partial charge >= 0.3 is 6.18 Å². The highest BCUT2D eigenvalue weighted by Crippen LogP contribution is 2.34. The number of halogens is 3. The van der Waals surface area contributed by atoms with E-state index >= 15 is 0 Å². The zero-order valence-corrected chi connectivity index (χ0v) is 14.0. The molecule has 3 rings (SSSR count). The number of piperazine rings is 1. The van der Waals surface area contributed by atoms with E-state index in [0.717, 1.165) is 38.3 Å². The lowest BCUT2D eigenvalue weighted by Gasteiger charge is -2.27. The van der Waals surface area contributed by atoms with E-state index in [4.69, 9.17) is 5.73 Å². The maximum Gasteiger partial charge on any atom is 0.416 e. The molecule has 8 heteroatoms. The van der Waals surface area contributed by atoms with Crippen molar-refractivity contribution in [2.24, 2.45) is 5.73 Å². The molecule has 2 heterocycles. The number of hydrogen-bond donors (Lipinski definition) is 2. The lowest BCUT2D eigenvalue weighted by molar-refractivity contribution is -0.137. The molecule has 1 saturated heterocycles. The zero-order valence-electron chi connectivity index (χ0n) is 14.0. The molecule has 0 saturated carbocycles. The van der Waals surface area contributed by atoms with Gasteiger partial charge in [-0.2, -0.15) is 13.2 Å². The van der Waals surface area contributed by atoms with Gasteiger partial charge in [-0.3, -0.25) is 14.7 Å². The maximum absolute atomic E-state index is 13.4. The molecule has 0 spiro atoms. The second-order valence-electron chi connectivity index (χ2n) is 6.21. The molecule has 3 N–H and O–H groups in total. The molecule has 1 aromatic heterocycles. The smallest absolute Gasteiger partial charge is 0.366 e. The van der Waals surface area contributed by atoms with Gasteiger partial charge in [0.2, 0.25) is 0 Å². The summed E-state index contributed by atoms with van der Waals surface area (Å²) in [6, 6.07) is 6.79. The number of nitrogens with one attached hydrogen (secondary N) is 1. The Balaban J connectivity index is 2.04. The third kappa shape index (κ3) is 4.20. The molecule has 2 aromatic rings. The Bertz CT molecular complexity index is 801. The topological polar surface area (TPSA) is 71.2 Å². The molecule has 1 aliphatic rings. The molecule has 138 valence electrons. The number of carbonyl (C=O) groups is 1. The highest BCUT2D eigenvalue weighted by atomic mass is 19.4. The summed E-state index contributed by atoms with van der Waals surface area (Å²) in [6.45, 7) is 3.54. The van der Waals surface area contributed by atoms with Crippen LogP contribution in [0.3, 0.4) is 0 Å². The van der Waals surface area contributed by atoms with Gasteiger partial charge < -0.3 is 11.1 Å². The molecule has 1 fully saturated rings. The Morgan fingerprint density at radius 3 is 2.62 bits per heavy atom. The minimum absolute atomic E-state index is 0.0972. The van der Waals surface area contributed by atoms with Gasteiger partial charge in [-0.05, 0) is 35.9 Å². The van der Waals surface area contributed by atoms with E-state index in [0.29, 0.717) is 12.1 Å². The van der Waals surface area contributed by atoms with Crippen molar-refractivity contribution < 1.29 is 18.0 Å². The molecule has 26 heavy (non-hydrogen) atoms. The zero-order chi connectivity index (χ0) is 18.7. The second-order valence-corrected chi connectivity index (χ2v) is 6.21. The first-order valence-corrected chi connectivity index (χ1v) is 8.24. The monoisotopic (exact) mass is 364 g/mol. The van der Waals surface area contributed by atoms with E-state index in [1.807, 2.05) is 0 Å². The van der Waals surface area contributed by atoms with E-state index in [1.165, 1.54) is 18.3 Å². The van der Waals surface area contributed by atoms with Crippen LogP contribution in [-0.2, 0) is 12.7 Å². The molecular weight excluding hydrogens is 345 g/mol. The van der Waals surface area contributed by atoms with Crippen LogP contribution in [0.5, 0.6) is 0 Å². The Morgan fingerprint density at radius 2 is 1.96 bits per heavy atom. The number of benzene rings is 1. The Labute approximate surface area is 149 Å². The molecule has 0 aliphatic carbocycles. The summed E-state index contributed by atoms with van der Waals surface area (Å²) in [7, 11) is 0. The third-order valence-corrected chi connectivity index (χ3v) is 4.28. The molecule has 1 aliphatic heterocycles.